The van der Waals surface area contributed by atoms with Crippen LogP contribution in [-0.2, 0) is 33.4 Å². The van der Waals surface area contributed by atoms with Gasteiger partial charge in [-0.2, -0.15) is 0 Å². The Morgan fingerprint density at radius 3 is 1.83 bits per heavy atom. The molecule has 0 rings (SSSR count). The maximum absolute atomic E-state index is 12.0. The third-order valence-electron chi connectivity index (χ3n) is 6.98. The predicted octanol–water partition coefficient (Wildman–Crippen LogP) is 6.65. The van der Waals surface area contributed by atoms with Crippen molar-refractivity contribution in [3.05, 3.63) is 0 Å². The van der Waals surface area contributed by atoms with Gasteiger partial charge in [-0.3, -0.25) is 14.4 Å². The van der Waals surface area contributed by atoms with E-state index in [2.05, 4.69) is 11.8 Å². The number of nitrogens with zero attached hydrogens (tertiary/aromatic N) is 1. The molecule has 0 aliphatic rings. The minimum atomic E-state index is -0.379. The SMILES string of the molecule is CCCCCCOC(=O)CC(=O)CCCCCCCCOC(COCCCCCCCCC(=O)CC=O)CN(C)C. The van der Waals surface area contributed by atoms with Crippen LogP contribution in [-0.4, -0.2) is 81.9 Å². The molecule has 0 spiro atoms. The van der Waals surface area contributed by atoms with E-state index in [1.165, 1.54) is 0 Å². The first-order valence-electron chi connectivity index (χ1n) is 16.4. The molecule has 0 radical (unpaired) electrons. The summed E-state index contributed by atoms with van der Waals surface area (Å²) < 4.78 is 17.1. The van der Waals surface area contributed by atoms with Gasteiger partial charge in [-0.25, -0.2) is 0 Å². The summed E-state index contributed by atoms with van der Waals surface area (Å²) in [6, 6.07) is 0. The summed E-state index contributed by atoms with van der Waals surface area (Å²) in [5, 5.41) is 0. The van der Waals surface area contributed by atoms with Gasteiger partial charge in [0.2, 0.25) is 0 Å². The number of hydrogen-bond donors (Lipinski definition) is 0. The van der Waals surface area contributed by atoms with Gasteiger partial charge in [0.05, 0.1) is 25.7 Å². The van der Waals surface area contributed by atoms with E-state index in [-0.39, 0.29) is 36.5 Å². The molecule has 0 saturated carbocycles. The highest BCUT2D eigenvalue weighted by atomic mass is 16.5. The Kier molecular flexibility index (Phi) is 28.6. The van der Waals surface area contributed by atoms with Crippen molar-refractivity contribution in [2.75, 3.05) is 47.1 Å². The fourth-order valence-electron chi connectivity index (χ4n) is 4.60. The molecule has 8 nitrogen and oxygen atoms in total. The van der Waals surface area contributed by atoms with Crippen molar-refractivity contribution in [3.63, 3.8) is 0 Å². The van der Waals surface area contributed by atoms with Crippen molar-refractivity contribution in [3.8, 4) is 0 Å². The molecule has 0 aromatic heterocycles. The van der Waals surface area contributed by atoms with Crippen LogP contribution in [0, 0.1) is 0 Å². The van der Waals surface area contributed by atoms with Crippen LogP contribution in [0.15, 0.2) is 0 Å². The van der Waals surface area contributed by atoms with Crippen LogP contribution in [0.2, 0.25) is 0 Å². The lowest BCUT2D eigenvalue weighted by Gasteiger charge is -2.21. The highest BCUT2D eigenvalue weighted by Crippen LogP contribution is 2.11. The number of unbranched alkanes of at least 4 members (excludes halogenated alkanes) is 13. The number of likely N-dealkylation sites (N-methyl/N-ethyl adjacent to an activating group) is 1. The third kappa shape index (κ3) is 29.6. The largest absolute Gasteiger partial charge is 0.465 e. The van der Waals surface area contributed by atoms with E-state index in [0.717, 1.165) is 122 Å². The average molecular weight is 584 g/mol. The average Bonchev–Trinajstić information content (AvgIpc) is 2.92. The zero-order valence-electron chi connectivity index (χ0n) is 26.6. The number of rotatable bonds is 32. The van der Waals surface area contributed by atoms with Crippen LogP contribution < -0.4 is 0 Å². The smallest absolute Gasteiger partial charge is 0.313 e. The molecule has 0 heterocycles. The number of ketones is 2. The zero-order chi connectivity index (χ0) is 30.4. The molecule has 1 unspecified atom stereocenters. The van der Waals surface area contributed by atoms with Crippen LogP contribution in [0.4, 0.5) is 0 Å². The summed E-state index contributed by atoms with van der Waals surface area (Å²) in [7, 11) is 4.09. The molecule has 240 valence electrons. The van der Waals surface area contributed by atoms with Gasteiger partial charge in [0.25, 0.3) is 0 Å². The highest BCUT2D eigenvalue weighted by molar-refractivity contribution is 5.95. The molecule has 0 fully saturated rings. The van der Waals surface area contributed by atoms with Crippen molar-refractivity contribution >= 4 is 23.8 Å². The molecule has 0 saturated heterocycles. The van der Waals surface area contributed by atoms with E-state index in [4.69, 9.17) is 14.2 Å². The summed E-state index contributed by atoms with van der Waals surface area (Å²) in [6.45, 7) is 5.49. The van der Waals surface area contributed by atoms with E-state index in [9.17, 15) is 19.2 Å². The third-order valence-corrected chi connectivity index (χ3v) is 6.98. The summed E-state index contributed by atoms with van der Waals surface area (Å²) in [5.41, 5.74) is 0. The zero-order valence-corrected chi connectivity index (χ0v) is 26.6. The molecule has 0 aromatic rings. The monoisotopic (exact) mass is 583 g/mol. The Balaban J connectivity index is 3.68. The number of esters is 1. The lowest BCUT2D eigenvalue weighted by Crippen LogP contribution is -2.32. The molecule has 8 heteroatoms. The minimum absolute atomic E-state index is 0.0107. The first-order valence-corrected chi connectivity index (χ1v) is 16.4. The highest BCUT2D eigenvalue weighted by Gasteiger charge is 2.12. The van der Waals surface area contributed by atoms with Crippen LogP contribution in [0.3, 0.4) is 0 Å². The van der Waals surface area contributed by atoms with Gasteiger partial charge in [-0.15, -0.1) is 0 Å². The van der Waals surface area contributed by atoms with Crippen LogP contribution in [0.5, 0.6) is 0 Å². The predicted molar refractivity (Wildman–Crippen MR) is 164 cm³/mol. The van der Waals surface area contributed by atoms with Gasteiger partial charge in [0.1, 0.15) is 24.3 Å². The van der Waals surface area contributed by atoms with Gasteiger partial charge in [0.15, 0.2) is 0 Å². The molecule has 0 N–H and O–H groups in total. The number of Topliss-reactive ketones (excluding diaryl/α,β-unsaturated/α-hetero) is 2. The first kappa shape index (κ1) is 39.4. The molecule has 0 aromatic carbocycles. The summed E-state index contributed by atoms with van der Waals surface area (Å²) in [6.07, 6.45) is 18.5. The second-order valence-electron chi connectivity index (χ2n) is 11.5. The molecule has 0 aliphatic heterocycles. The molecule has 0 aliphatic carbocycles. The van der Waals surface area contributed by atoms with E-state index in [1.807, 2.05) is 14.1 Å². The lowest BCUT2D eigenvalue weighted by atomic mass is 10.1. The Morgan fingerprint density at radius 1 is 0.683 bits per heavy atom. The Labute approximate surface area is 250 Å². The number of carbonyl (C=O) groups is 4. The van der Waals surface area contributed by atoms with E-state index < -0.39 is 0 Å². The minimum Gasteiger partial charge on any atom is -0.465 e. The maximum Gasteiger partial charge on any atom is 0.313 e. The fraction of sp³-hybridized carbons (Fsp3) is 0.879. The van der Waals surface area contributed by atoms with Gasteiger partial charge in [-0.1, -0.05) is 77.6 Å². The standard InChI is InChI=1S/C33H61NO7/c1-4-5-6-18-26-41-33(38)27-31(37)21-16-12-8-10-14-19-25-40-32(28-34(2)3)29-39-24-17-13-9-7-11-15-20-30(36)22-23-35/h23,32H,4-22,24-29H2,1-3H3. The Hall–Kier alpha value is -1.64. The fourth-order valence-corrected chi connectivity index (χ4v) is 4.60. The maximum atomic E-state index is 12.0. The number of carbonyl (C=O) groups excluding carboxylic acids is 4. The molecular weight excluding hydrogens is 522 g/mol. The number of hydrogen-bond acceptors (Lipinski definition) is 8. The summed E-state index contributed by atoms with van der Waals surface area (Å²) in [5.74, 6) is -0.340. The van der Waals surface area contributed by atoms with E-state index in [1.54, 1.807) is 0 Å². The number of aldehydes is 1. The molecular formula is C33H61NO7. The van der Waals surface area contributed by atoms with Crippen molar-refractivity contribution in [2.45, 2.75) is 141 Å². The molecule has 0 bridgehead atoms. The quantitative estimate of drug-likeness (QED) is 0.0376. The summed E-state index contributed by atoms with van der Waals surface area (Å²) in [4.78, 5) is 47.4. The van der Waals surface area contributed by atoms with Crippen molar-refractivity contribution in [1.29, 1.82) is 0 Å². The van der Waals surface area contributed by atoms with Gasteiger partial charge in [0, 0.05) is 32.6 Å². The topological polar surface area (TPSA) is 99.2 Å². The van der Waals surface area contributed by atoms with Gasteiger partial charge < -0.3 is 23.9 Å². The van der Waals surface area contributed by atoms with E-state index in [0.29, 0.717) is 32.3 Å². The molecule has 1 atom stereocenters. The van der Waals surface area contributed by atoms with Crippen LogP contribution in [0.1, 0.15) is 135 Å². The summed E-state index contributed by atoms with van der Waals surface area (Å²) >= 11 is 0. The van der Waals surface area contributed by atoms with E-state index >= 15 is 0 Å². The van der Waals surface area contributed by atoms with Crippen LogP contribution >= 0.6 is 0 Å². The molecule has 0 amide bonds. The first-order chi connectivity index (χ1) is 19.9. The van der Waals surface area contributed by atoms with Gasteiger partial charge in [-0.05, 0) is 46.2 Å². The van der Waals surface area contributed by atoms with Gasteiger partial charge >= 0.3 is 5.97 Å². The van der Waals surface area contributed by atoms with Crippen molar-refractivity contribution in [1.82, 2.24) is 4.90 Å². The lowest BCUT2D eigenvalue weighted by molar-refractivity contribution is -0.146. The molecule has 41 heavy (non-hydrogen) atoms. The van der Waals surface area contributed by atoms with Crippen molar-refractivity contribution < 1.29 is 33.4 Å². The Morgan fingerprint density at radius 2 is 1.22 bits per heavy atom. The normalized spacial score (nSPS) is 12.0. The number of ether oxygens (including phenoxy) is 3. The second-order valence-corrected chi connectivity index (χ2v) is 11.5. The Bertz CT molecular complexity index is 653. The van der Waals surface area contributed by atoms with Crippen molar-refractivity contribution in [2.24, 2.45) is 0 Å². The van der Waals surface area contributed by atoms with Crippen LogP contribution in [0.25, 0.3) is 0 Å². The second kappa shape index (κ2) is 29.8.